The summed E-state index contributed by atoms with van der Waals surface area (Å²) in [6.45, 7) is 4.00. The van der Waals surface area contributed by atoms with Gasteiger partial charge < -0.3 is 20.1 Å². The first-order chi connectivity index (χ1) is 11.8. The van der Waals surface area contributed by atoms with Gasteiger partial charge in [-0.2, -0.15) is 0 Å². The number of aldehydes is 2. The fourth-order valence-electron chi connectivity index (χ4n) is 1.49. The highest BCUT2D eigenvalue weighted by atomic mass is 19.1. The molecular formula is C17H18F2O6. The Bertz CT molecular complexity index is 708. The van der Waals surface area contributed by atoms with Gasteiger partial charge in [0, 0.05) is 11.1 Å². The maximum atomic E-state index is 12.7. The average Bonchev–Trinajstić information content (AvgIpc) is 2.63. The van der Waals surface area contributed by atoms with Gasteiger partial charge in [-0.3, -0.25) is 9.59 Å². The van der Waals surface area contributed by atoms with E-state index in [-0.39, 0.29) is 16.9 Å². The Morgan fingerprint density at radius 3 is 1.68 bits per heavy atom. The Balaban J connectivity index is 0.000000421. The van der Waals surface area contributed by atoms with Crippen molar-refractivity contribution in [2.45, 2.75) is 13.8 Å². The molecule has 2 rings (SSSR count). The van der Waals surface area contributed by atoms with Gasteiger partial charge in [0.15, 0.2) is 34.6 Å². The highest BCUT2D eigenvalue weighted by Crippen LogP contribution is 2.29. The van der Waals surface area contributed by atoms with Crippen LogP contribution in [0.1, 0.15) is 34.6 Å². The summed E-state index contributed by atoms with van der Waals surface area (Å²) in [6, 6.07) is 4.00. The van der Waals surface area contributed by atoms with Gasteiger partial charge in [-0.15, -0.1) is 0 Å². The molecule has 0 aliphatic carbocycles. The second-order valence-corrected chi connectivity index (χ2v) is 4.16. The normalized spacial score (nSPS) is 9.00. The van der Waals surface area contributed by atoms with E-state index in [9.17, 15) is 18.4 Å². The minimum atomic E-state index is -1.01. The molecule has 0 unspecified atom stereocenters. The predicted molar refractivity (Wildman–Crippen MR) is 86.5 cm³/mol. The number of phenolic OH excluding ortho intramolecular Hbond substituents is 3. The molecule has 8 heteroatoms. The zero-order chi connectivity index (χ0) is 19.6. The summed E-state index contributed by atoms with van der Waals surface area (Å²) in [7, 11) is 1.28. The largest absolute Gasteiger partial charge is 0.504 e. The summed E-state index contributed by atoms with van der Waals surface area (Å²) < 4.78 is 29.8. The van der Waals surface area contributed by atoms with Crippen molar-refractivity contribution in [2.75, 3.05) is 7.11 Å². The summed E-state index contributed by atoms with van der Waals surface area (Å²) in [4.78, 5) is 20.3. The van der Waals surface area contributed by atoms with Crippen LogP contribution in [-0.2, 0) is 0 Å². The number of benzene rings is 2. The quantitative estimate of drug-likeness (QED) is 0.575. The van der Waals surface area contributed by atoms with Crippen LogP contribution in [0.5, 0.6) is 23.0 Å². The van der Waals surface area contributed by atoms with E-state index < -0.39 is 28.9 Å². The van der Waals surface area contributed by atoms with Crippen molar-refractivity contribution < 1.29 is 38.4 Å². The molecule has 0 atom stereocenters. The van der Waals surface area contributed by atoms with Crippen LogP contribution in [0.2, 0.25) is 0 Å². The van der Waals surface area contributed by atoms with Gasteiger partial charge in [0.25, 0.3) is 0 Å². The number of halogens is 2. The van der Waals surface area contributed by atoms with Gasteiger partial charge in [0.2, 0.25) is 0 Å². The third-order valence-electron chi connectivity index (χ3n) is 2.61. The van der Waals surface area contributed by atoms with Crippen LogP contribution in [0.25, 0.3) is 0 Å². The van der Waals surface area contributed by atoms with Crippen LogP contribution >= 0.6 is 0 Å². The van der Waals surface area contributed by atoms with Crippen molar-refractivity contribution in [3.05, 3.63) is 47.0 Å². The van der Waals surface area contributed by atoms with Crippen molar-refractivity contribution in [2.24, 2.45) is 0 Å². The van der Waals surface area contributed by atoms with Crippen LogP contribution < -0.4 is 4.74 Å². The Morgan fingerprint density at radius 2 is 1.28 bits per heavy atom. The molecule has 2 aromatic carbocycles. The van der Waals surface area contributed by atoms with Gasteiger partial charge in [0.1, 0.15) is 12.6 Å². The molecule has 0 saturated heterocycles. The number of rotatable bonds is 3. The molecule has 2 aromatic rings. The summed E-state index contributed by atoms with van der Waals surface area (Å²) in [5, 5.41) is 26.5. The zero-order valence-corrected chi connectivity index (χ0v) is 13.8. The average molecular weight is 356 g/mol. The summed E-state index contributed by atoms with van der Waals surface area (Å²) in [5.74, 6) is -3.97. The van der Waals surface area contributed by atoms with E-state index in [2.05, 4.69) is 4.74 Å². The number of phenols is 3. The van der Waals surface area contributed by atoms with Crippen molar-refractivity contribution >= 4 is 12.6 Å². The molecular weight excluding hydrogens is 338 g/mol. The maximum Gasteiger partial charge on any atom is 0.194 e. The molecule has 0 spiro atoms. The second kappa shape index (κ2) is 10.6. The van der Waals surface area contributed by atoms with Crippen molar-refractivity contribution in [1.29, 1.82) is 0 Å². The fourth-order valence-corrected chi connectivity index (χ4v) is 1.49. The molecule has 0 amide bonds. The molecule has 136 valence electrons. The first-order valence-corrected chi connectivity index (χ1v) is 7.02. The van der Waals surface area contributed by atoms with E-state index >= 15 is 0 Å². The molecule has 0 aliphatic heterocycles. The van der Waals surface area contributed by atoms with Crippen LogP contribution in [0.3, 0.4) is 0 Å². The van der Waals surface area contributed by atoms with E-state index in [0.717, 1.165) is 18.2 Å². The Morgan fingerprint density at radius 1 is 0.840 bits per heavy atom. The monoisotopic (exact) mass is 356 g/mol. The standard InChI is InChI=1S/C8H7FO3.C7H5FO3.C2H6/c1-12-7-3-5(4-10)2-6(9)8(7)11;8-5-1-4(3-9)2-6(10)7(5)11;1-2/h2-4,11H,1H3;1-3,10-11H;1-2H3. The van der Waals surface area contributed by atoms with Gasteiger partial charge in [-0.05, 0) is 24.3 Å². The van der Waals surface area contributed by atoms with E-state index in [1.165, 1.54) is 13.2 Å². The third-order valence-corrected chi connectivity index (χ3v) is 2.61. The highest BCUT2D eigenvalue weighted by Gasteiger charge is 2.09. The fraction of sp³-hybridized carbons (Fsp3) is 0.176. The minimum absolute atomic E-state index is 0.0159. The van der Waals surface area contributed by atoms with E-state index in [1.807, 2.05) is 13.8 Å². The number of hydrogen-bond acceptors (Lipinski definition) is 6. The lowest BCUT2D eigenvalue weighted by Crippen LogP contribution is -1.89. The van der Waals surface area contributed by atoms with Gasteiger partial charge in [-0.1, -0.05) is 13.8 Å². The van der Waals surface area contributed by atoms with Crippen molar-refractivity contribution in [3.8, 4) is 23.0 Å². The van der Waals surface area contributed by atoms with Crippen molar-refractivity contribution in [1.82, 2.24) is 0 Å². The predicted octanol–water partition coefficient (Wildman–Crippen LogP) is 3.43. The lowest BCUT2D eigenvalue weighted by Gasteiger charge is -2.03. The molecule has 0 saturated carbocycles. The molecule has 0 aliphatic rings. The molecule has 0 radical (unpaired) electrons. The first-order valence-electron chi connectivity index (χ1n) is 7.02. The summed E-state index contributed by atoms with van der Waals surface area (Å²) >= 11 is 0. The Hall–Kier alpha value is -3.16. The molecule has 0 aromatic heterocycles. The van der Waals surface area contributed by atoms with Gasteiger partial charge in [-0.25, -0.2) is 8.78 Å². The van der Waals surface area contributed by atoms with Crippen LogP contribution in [0.15, 0.2) is 24.3 Å². The summed E-state index contributed by atoms with van der Waals surface area (Å²) in [5.41, 5.74) is 0.111. The second-order valence-electron chi connectivity index (χ2n) is 4.16. The van der Waals surface area contributed by atoms with E-state index in [4.69, 9.17) is 15.3 Å². The number of aromatic hydroxyl groups is 3. The molecule has 25 heavy (non-hydrogen) atoms. The molecule has 3 N–H and O–H groups in total. The van der Waals surface area contributed by atoms with Crippen LogP contribution in [-0.4, -0.2) is 35.0 Å². The van der Waals surface area contributed by atoms with E-state index in [1.54, 1.807) is 0 Å². The number of methoxy groups -OCH3 is 1. The highest BCUT2D eigenvalue weighted by molar-refractivity contribution is 5.77. The smallest absolute Gasteiger partial charge is 0.194 e. The third kappa shape index (κ3) is 6.09. The summed E-state index contributed by atoms with van der Waals surface area (Å²) in [6.07, 6.45) is 0.854. The SMILES string of the molecule is CC.COc1cc(C=O)cc(F)c1O.O=Cc1cc(O)c(O)c(F)c1. The Kier molecular flexibility index (Phi) is 9.25. The minimum Gasteiger partial charge on any atom is -0.504 e. The molecule has 6 nitrogen and oxygen atoms in total. The first kappa shape index (κ1) is 21.8. The van der Waals surface area contributed by atoms with Crippen LogP contribution in [0, 0.1) is 11.6 Å². The van der Waals surface area contributed by atoms with Gasteiger partial charge in [0.05, 0.1) is 7.11 Å². The van der Waals surface area contributed by atoms with Crippen LogP contribution in [0.4, 0.5) is 8.78 Å². The Labute approximate surface area is 142 Å². The van der Waals surface area contributed by atoms with Crippen molar-refractivity contribution in [3.63, 3.8) is 0 Å². The number of carbonyl (C=O) groups is 2. The van der Waals surface area contributed by atoms with E-state index in [0.29, 0.717) is 12.6 Å². The van der Waals surface area contributed by atoms with Gasteiger partial charge >= 0.3 is 0 Å². The topological polar surface area (TPSA) is 104 Å². The zero-order valence-electron chi connectivity index (χ0n) is 13.8. The molecule has 0 heterocycles. The molecule has 0 fully saturated rings. The molecule has 0 bridgehead atoms. The lowest BCUT2D eigenvalue weighted by atomic mass is 10.2. The maximum absolute atomic E-state index is 12.7. The number of carbonyl (C=O) groups excluding carboxylic acids is 2. The number of hydrogen-bond donors (Lipinski definition) is 3. The lowest BCUT2D eigenvalue weighted by molar-refractivity contribution is 0.111. The number of ether oxygens (including phenoxy) is 1.